The number of allylic oxidation sites excluding steroid dienone is 1. The highest BCUT2D eigenvalue weighted by Gasteiger charge is 2.04. The zero-order valence-corrected chi connectivity index (χ0v) is 17.4. The summed E-state index contributed by atoms with van der Waals surface area (Å²) >= 11 is 5.75. The average Bonchev–Trinajstić information content (AvgIpc) is 3.15. The highest BCUT2D eigenvalue weighted by atomic mass is 35.5. The van der Waals surface area contributed by atoms with Gasteiger partial charge in [-0.15, -0.1) is 0 Å². The Morgan fingerprint density at radius 2 is 1.93 bits per heavy atom. The standard InChI is InChI=1S/C13H15N3.C10H13Cl/c1-4-12(14-5-2)11-8-10(3)16-7-6-15-13(16)9-11;1-2-3-4-9-5-7-10(11)8-6-9/h4-9H,1-3H3;5-8H,2-4H2,1H3/b12-4-,14-5?;. The molecule has 2 heterocycles. The second-order valence-corrected chi connectivity index (χ2v) is 6.77. The molecule has 0 bridgehead atoms. The molecule has 3 nitrogen and oxygen atoms in total. The van der Waals surface area contributed by atoms with Crippen LogP contribution in [0.2, 0.25) is 5.02 Å². The van der Waals surface area contributed by atoms with E-state index in [1.807, 2.05) is 44.4 Å². The van der Waals surface area contributed by atoms with Crippen LogP contribution in [0.15, 0.2) is 59.9 Å². The number of fused-ring (bicyclic) bond motifs is 1. The number of halogens is 1. The Balaban J connectivity index is 0.000000208. The van der Waals surface area contributed by atoms with Crippen LogP contribution in [0.4, 0.5) is 0 Å². The van der Waals surface area contributed by atoms with Crippen molar-refractivity contribution in [3.8, 4) is 0 Å². The smallest absolute Gasteiger partial charge is 0.137 e. The molecule has 0 spiro atoms. The van der Waals surface area contributed by atoms with Crippen molar-refractivity contribution in [1.82, 2.24) is 9.38 Å². The number of benzene rings is 1. The van der Waals surface area contributed by atoms with Crippen molar-refractivity contribution in [2.75, 3.05) is 0 Å². The third kappa shape index (κ3) is 6.07. The van der Waals surface area contributed by atoms with E-state index in [9.17, 15) is 0 Å². The number of aromatic nitrogens is 2. The molecule has 0 aliphatic carbocycles. The third-order valence-electron chi connectivity index (χ3n) is 4.27. The Kier molecular flexibility index (Phi) is 8.28. The summed E-state index contributed by atoms with van der Waals surface area (Å²) in [5.74, 6) is 0. The van der Waals surface area contributed by atoms with E-state index in [1.54, 1.807) is 6.21 Å². The maximum atomic E-state index is 5.75. The second-order valence-electron chi connectivity index (χ2n) is 6.33. The normalized spacial score (nSPS) is 11.7. The van der Waals surface area contributed by atoms with Crippen LogP contribution in [-0.2, 0) is 6.42 Å². The predicted molar refractivity (Wildman–Crippen MR) is 118 cm³/mol. The van der Waals surface area contributed by atoms with Gasteiger partial charge in [-0.2, -0.15) is 0 Å². The van der Waals surface area contributed by atoms with Crippen molar-refractivity contribution >= 4 is 29.2 Å². The molecule has 142 valence electrons. The number of hydrogen-bond acceptors (Lipinski definition) is 2. The van der Waals surface area contributed by atoms with E-state index >= 15 is 0 Å². The van der Waals surface area contributed by atoms with Gasteiger partial charge in [0.1, 0.15) is 5.65 Å². The highest BCUT2D eigenvalue weighted by Crippen LogP contribution is 2.19. The summed E-state index contributed by atoms with van der Waals surface area (Å²) in [5, 5.41) is 0.824. The van der Waals surface area contributed by atoms with Gasteiger partial charge >= 0.3 is 0 Å². The SMILES string of the molecule is CC=N/C(=C\C)c1cc(C)n2ccnc2c1.CCCCc1ccc(Cl)cc1. The molecule has 27 heavy (non-hydrogen) atoms. The summed E-state index contributed by atoms with van der Waals surface area (Å²) < 4.78 is 2.06. The molecule has 0 saturated heterocycles. The van der Waals surface area contributed by atoms with Gasteiger partial charge in [0, 0.05) is 34.9 Å². The molecular weight excluding hydrogens is 354 g/mol. The van der Waals surface area contributed by atoms with E-state index in [-0.39, 0.29) is 0 Å². The second kappa shape index (κ2) is 10.7. The zero-order valence-electron chi connectivity index (χ0n) is 16.6. The molecule has 0 fully saturated rings. The largest absolute Gasteiger partial charge is 0.304 e. The van der Waals surface area contributed by atoms with E-state index < -0.39 is 0 Å². The molecule has 0 aliphatic rings. The van der Waals surface area contributed by atoms with Crippen molar-refractivity contribution < 1.29 is 0 Å². The molecular formula is C23H28ClN3. The average molecular weight is 382 g/mol. The van der Waals surface area contributed by atoms with Gasteiger partial charge in [0.2, 0.25) is 0 Å². The van der Waals surface area contributed by atoms with E-state index in [2.05, 4.69) is 52.5 Å². The fourth-order valence-corrected chi connectivity index (χ4v) is 2.96. The first-order valence-corrected chi connectivity index (χ1v) is 9.80. The van der Waals surface area contributed by atoms with Crippen molar-refractivity contribution in [2.24, 2.45) is 4.99 Å². The summed E-state index contributed by atoms with van der Waals surface area (Å²) in [5.41, 5.74) is 5.60. The topological polar surface area (TPSA) is 29.7 Å². The number of nitrogens with zero attached hydrogens (tertiary/aromatic N) is 3. The molecule has 0 amide bonds. The molecule has 4 heteroatoms. The first-order chi connectivity index (χ1) is 13.1. The predicted octanol–water partition coefficient (Wildman–Crippen LogP) is 6.78. The molecule has 3 rings (SSSR count). The van der Waals surface area contributed by atoms with Gasteiger partial charge in [-0.05, 0) is 63.4 Å². The maximum absolute atomic E-state index is 5.75. The van der Waals surface area contributed by atoms with Gasteiger partial charge in [0.15, 0.2) is 0 Å². The number of pyridine rings is 1. The van der Waals surface area contributed by atoms with E-state index in [1.165, 1.54) is 24.8 Å². The van der Waals surface area contributed by atoms with Crippen LogP contribution in [0.25, 0.3) is 11.3 Å². The molecule has 0 radical (unpaired) electrons. The van der Waals surface area contributed by atoms with Crippen LogP contribution in [0.3, 0.4) is 0 Å². The van der Waals surface area contributed by atoms with E-state index in [4.69, 9.17) is 11.6 Å². The quantitative estimate of drug-likeness (QED) is 0.448. The Bertz CT molecular complexity index is 905. The van der Waals surface area contributed by atoms with E-state index in [0.717, 1.165) is 27.6 Å². The molecule has 1 aromatic carbocycles. The van der Waals surface area contributed by atoms with Crippen LogP contribution in [-0.4, -0.2) is 15.6 Å². The number of unbranched alkanes of at least 4 members (excludes halogenated alkanes) is 1. The fourth-order valence-electron chi connectivity index (χ4n) is 2.83. The lowest BCUT2D eigenvalue weighted by molar-refractivity contribution is 0.795. The van der Waals surface area contributed by atoms with Crippen LogP contribution in [0, 0.1) is 6.92 Å². The fraction of sp³-hybridized carbons (Fsp3) is 0.304. The summed E-state index contributed by atoms with van der Waals surface area (Å²) in [7, 11) is 0. The molecule has 0 atom stereocenters. The molecule has 0 saturated carbocycles. The van der Waals surface area contributed by atoms with Crippen LogP contribution in [0.1, 0.15) is 50.4 Å². The zero-order chi connectivity index (χ0) is 19.6. The number of imidazole rings is 1. The minimum absolute atomic E-state index is 0.824. The first kappa shape index (κ1) is 20.9. The van der Waals surface area contributed by atoms with Gasteiger partial charge in [0.25, 0.3) is 0 Å². The van der Waals surface area contributed by atoms with Crippen LogP contribution >= 0.6 is 11.6 Å². The lowest BCUT2D eigenvalue weighted by Gasteiger charge is -2.05. The lowest BCUT2D eigenvalue weighted by atomic mass is 10.1. The first-order valence-electron chi connectivity index (χ1n) is 9.42. The van der Waals surface area contributed by atoms with Crippen molar-refractivity contribution in [2.45, 2.75) is 47.0 Å². The van der Waals surface area contributed by atoms with Gasteiger partial charge in [-0.3, -0.25) is 4.99 Å². The van der Waals surface area contributed by atoms with Gasteiger partial charge in [0.05, 0.1) is 5.70 Å². The lowest BCUT2D eigenvalue weighted by Crippen LogP contribution is -1.93. The molecule has 0 unspecified atom stereocenters. The van der Waals surface area contributed by atoms with Crippen LogP contribution in [0.5, 0.6) is 0 Å². The minimum atomic E-state index is 0.824. The summed E-state index contributed by atoms with van der Waals surface area (Å²) in [4.78, 5) is 8.65. The Labute approximate surface area is 167 Å². The number of rotatable bonds is 5. The van der Waals surface area contributed by atoms with Crippen molar-refractivity contribution in [3.05, 3.63) is 76.7 Å². The summed E-state index contributed by atoms with van der Waals surface area (Å²) in [6.07, 6.45) is 11.3. The Morgan fingerprint density at radius 3 is 2.56 bits per heavy atom. The summed E-state index contributed by atoms with van der Waals surface area (Å²) in [6, 6.07) is 12.3. The Hall–Kier alpha value is -2.39. The third-order valence-corrected chi connectivity index (χ3v) is 4.52. The van der Waals surface area contributed by atoms with E-state index in [0.29, 0.717) is 0 Å². The number of aryl methyl sites for hydroxylation is 2. The molecule has 0 N–H and O–H groups in total. The Morgan fingerprint density at radius 1 is 1.19 bits per heavy atom. The van der Waals surface area contributed by atoms with Crippen molar-refractivity contribution in [1.29, 1.82) is 0 Å². The molecule has 3 aromatic rings. The molecule has 0 aliphatic heterocycles. The van der Waals surface area contributed by atoms with Gasteiger partial charge < -0.3 is 4.40 Å². The number of aliphatic imine (C=N–C) groups is 1. The van der Waals surface area contributed by atoms with Crippen LogP contribution < -0.4 is 0 Å². The maximum Gasteiger partial charge on any atom is 0.137 e. The monoisotopic (exact) mass is 381 g/mol. The van der Waals surface area contributed by atoms with Gasteiger partial charge in [-0.1, -0.05) is 43.2 Å². The molecule has 2 aromatic heterocycles. The number of hydrogen-bond donors (Lipinski definition) is 0. The highest BCUT2D eigenvalue weighted by molar-refractivity contribution is 6.30. The van der Waals surface area contributed by atoms with Gasteiger partial charge in [-0.25, -0.2) is 4.98 Å². The summed E-state index contributed by atoms with van der Waals surface area (Å²) in [6.45, 7) is 8.19. The minimum Gasteiger partial charge on any atom is -0.304 e. The van der Waals surface area contributed by atoms with Crippen molar-refractivity contribution in [3.63, 3.8) is 0 Å².